The normalized spacial score (nSPS) is 14.2. The number of carbonyl (C=O) groups excluding carboxylic acids is 2. The number of piperazine rings is 1. The number of primary amides is 1. The lowest BCUT2D eigenvalue weighted by atomic mass is 10.1. The molecule has 0 aliphatic carbocycles. The molecule has 1 saturated heterocycles. The van der Waals surface area contributed by atoms with Gasteiger partial charge < -0.3 is 20.9 Å². The minimum absolute atomic E-state index is 0.0848. The van der Waals surface area contributed by atoms with Crippen LogP contribution < -0.4 is 16.0 Å². The number of urea groups is 1. The van der Waals surface area contributed by atoms with Crippen LogP contribution in [0.15, 0.2) is 48.5 Å². The zero-order chi connectivity index (χ0) is 18.5. The Morgan fingerprint density at radius 3 is 2.46 bits per heavy atom. The largest absolute Gasteiger partial charge is 0.368 e. The lowest BCUT2D eigenvalue weighted by Gasteiger charge is -2.36. The van der Waals surface area contributed by atoms with E-state index in [-0.39, 0.29) is 6.03 Å². The average molecular weight is 352 g/mol. The molecular weight excluding hydrogens is 328 g/mol. The van der Waals surface area contributed by atoms with E-state index >= 15 is 0 Å². The summed E-state index contributed by atoms with van der Waals surface area (Å²) in [6.07, 6.45) is 0. The van der Waals surface area contributed by atoms with Crippen molar-refractivity contribution < 1.29 is 9.59 Å². The molecule has 26 heavy (non-hydrogen) atoms. The van der Waals surface area contributed by atoms with E-state index in [0.29, 0.717) is 25.2 Å². The van der Waals surface area contributed by atoms with Crippen LogP contribution in [-0.4, -0.2) is 43.0 Å². The first-order valence-corrected chi connectivity index (χ1v) is 8.76. The van der Waals surface area contributed by atoms with E-state index < -0.39 is 5.91 Å². The van der Waals surface area contributed by atoms with Gasteiger partial charge in [-0.2, -0.15) is 0 Å². The van der Waals surface area contributed by atoms with Gasteiger partial charge in [0.2, 0.25) is 5.91 Å². The van der Waals surface area contributed by atoms with Crippen LogP contribution >= 0.6 is 0 Å². The van der Waals surface area contributed by atoms with Gasteiger partial charge in [0.1, 0.15) is 0 Å². The van der Waals surface area contributed by atoms with E-state index in [0.717, 1.165) is 18.7 Å². The fourth-order valence-electron chi connectivity index (χ4n) is 3.12. The van der Waals surface area contributed by atoms with E-state index in [1.807, 2.05) is 11.0 Å². The molecule has 0 radical (unpaired) electrons. The van der Waals surface area contributed by atoms with Crippen LogP contribution in [0.3, 0.4) is 0 Å². The van der Waals surface area contributed by atoms with Crippen LogP contribution in [0, 0.1) is 6.92 Å². The molecule has 0 aromatic heterocycles. The van der Waals surface area contributed by atoms with Gasteiger partial charge in [0.25, 0.3) is 0 Å². The van der Waals surface area contributed by atoms with Gasteiger partial charge in [0, 0.05) is 44.0 Å². The molecule has 0 bridgehead atoms. The highest BCUT2D eigenvalue weighted by atomic mass is 16.2. The van der Waals surface area contributed by atoms with Gasteiger partial charge in [-0.15, -0.1) is 0 Å². The van der Waals surface area contributed by atoms with Crippen molar-refractivity contribution in [2.75, 3.05) is 31.1 Å². The molecule has 2 aromatic carbocycles. The van der Waals surface area contributed by atoms with Gasteiger partial charge in [-0.1, -0.05) is 24.3 Å². The predicted molar refractivity (Wildman–Crippen MR) is 102 cm³/mol. The van der Waals surface area contributed by atoms with Crippen LogP contribution in [0.1, 0.15) is 21.5 Å². The molecule has 2 aromatic rings. The van der Waals surface area contributed by atoms with E-state index in [1.54, 1.807) is 18.2 Å². The zero-order valence-electron chi connectivity index (χ0n) is 14.9. The van der Waals surface area contributed by atoms with Gasteiger partial charge >= 0.3 is 6.03 Å². The van der Waals surface area contributed by atoms with Gasteiger partial charge in [-0.3, -0.25) is 4.79 Å². The number of amides is 3. The summed E-state index contributed by atoms with van der Waals surface area (Å²) in [5.74, 6) is -0.467. The monoisotopic (exact) mass is 352 g/mol. The SMILES string of the molecule is Cc1cccc(N2CCN(C(=O)NCc3cccc(C(N)=O)c3)CC2)c1. The van der Waals surface area contributed by atoms with Gasteiger partial charge in [0.05, 0.1) is 0 Å². The van der Waals surface area contributed by atoms with Crippen molar-refractivity contribution in [3.63, 3.8) is 0 Å². The Bertz CT molecular complexity index is 798. The molecule has 6 heteroatoms. The summed E-state index contributed by atoms with van der Waals surface area (Å²) >= 11 is 0. The maximum absolute atomic E-state index is 12.4. The van der Waals surface area contributed by atoms with Crippen LogP contribution in [0.5, 0.6) is 0 Å². The van der Waals surface area contributed by atoms with Crippen molar-refractivity contribution in [1.82, 2.24) is 10.2 Å². The fraction of sp³-hybridized carbons (Fsp3) is 0.300. The highest BCUT2D eigenvalue weighted by Crippen LogP contribution is 2.17. The number of carbonyl (C=O) groups is 2. The molecule has 0 unspecified atom stereocenters. The Morgan fingerprint density at radius 2 is 1.77 bits per heavy atom. The molecule has 136 valence electrons. The lowest BCUT2D eigenvalue weighted by Crippen LogP contribution is -2.51. The molecule has 3 rings (SSSR count). The molecule has 0 saturated carbocycles. The van der Waals surface area contributed by atoms with Crippen molar-refractivity contribution in [3.8, 4) is 0 Å². The Hall–Kier alpha value is -3.02. The average Bonchev–Trinajstić information content (AvgIpc) is 2.66. The number of anilines is 1. The van der Waals surface area contributed by atoms with Crippen LogP contribution in [-0.2, 0) is 6.54 Å². The maximum atomic E-state index is 12.4. The minimum Gasteiger partial charge on any atom is -0.368 e. The smallest absolute Gasteiger partial charge is 0.317 e. The number of hydrogen-bond donors (Lipinski definition) is 2. The van der Waals surface area contributed by atoms with Gasteiger partial charge in [-0.25, -0.2) is 4.79 Å². The number of benzene rings is 2. The minimum atomic E-state index is -0.467. The summed E-state index contributed by atoms with van der Waals surface area (Å²) in [5, 5.41) is 2.91. The molecular formula is C20H24N4O2. The molecule has 0 spiro atoms. The second-order valence-electron chi connectivity index (χ2n) is 6.54. The molecule has 1 heterocycles. The maximum Gasteiger partial charge on any atom is 0.317 e. The van der Waals surface area contributed by atoms with E-state index in [2.05, 4.69) is 41.4 Å². The van der Waals surface area contributed by atoms with Crippen LogP contribution in [0.2, 0.25) is 0 Å². The van der Waals surface area contributed by atoms with Crippen molar-refractivity contribution in [2.24, 2.45) is 5.73 Å². The van der Waals surface area contributed by atoms with E-state index in [1.165, 1.54) is 11.3 Å². The number of hydrogen-bond acceptors (Lipinski definition) is 3. The second kappa shape index (κ2) is 7.91. The van der Waals surface area contributed by atoms with E-state index in [4.69, 9.17) is 5.73 Å². The second-order valence-corrected chi connectivity index (χ2v) is 6.54. The zero-order valence-corrected chi connectivity index (χ0v) is 14.9. The Kier molecular flexibility index (Phi) is 5.41. The first kappa shape index (κ1) is 17.8. The highest BCUT2D eigenvalue weighted by molar-refractivity contribution is 5.92. The highest BCUT2D eigenvalue weighted by Gasteiger charge is 2.21. The Balaban J connectivity index is 1.51. The Labute approximate surface area is 153 Å². The third-order valence-corrected chi connectivity index (χ3v) is 4.59. The number of nitrogens with one attached hydrogen (secondary N) is 1. The van der Waals surface area contributed by atoms with Crippen molar-refractivity contribution in [3.05, 3.63) is 65.2 Å². The molecule has 1 aliphatic rings. The van der Waals surface area contributed by atoms with Crippen molar-refractivity contribution in [2.45, 2.75) is 13.5 Å². The summed E-state index contributed by atoms with van der Waals surface area (Å²) in [6.45, 7) is 5.45. The summed E-state index contributed by atoms with van der Waals surface area (Å²) in [5.41, 5.74) is 9.03. The number of nitrogens with zero attached hydrogens (tertiary/aromatic N) is 2. The van der Waals surface area contributed by atoms with Gasteiger partial charge in [0.15, 0.2) is 0 Å². The molecule has 3 N–H and O–H groups in total. The standard InChI is InChI=1S/C20H24N4O2/c1-15-4-2-7-18(12-15)23-8-10-24(11-9-23)20(26)22-14-16-5-3-6-17(13-16)19(21)25/h2-7,12-13H,8-11,14H2,1H3,(H2,21,25)(H,22,26). The first-order valence-electron chi connectivity index (χ1n) is 8.76. The summed E-state index contributed by atoms with van der Waals surface area (Å²) in [7, 11) is 0. The summed E-state index contributed by atoms with van der Waals surface area (Å²) in [6, 6.07) is 15.3. The lowest BCUT2D eigenvalue weighted by molar-refractivity contribution is 0.1000. The molecule has 3 amide bonds. The number of nitrogens with two attached hydrogens (primary N) is 1. The third kappa shape index (κ3) is 4.33. The van der Waals surface area contributed by atoms with Crippen molar-refractivity contribution >= 4 is 17.6 Å². The molecule has 1 fully saturated rings. The first-order chi connectivity index (χ1) is 12.5. The summed E-state index contributed by atoms with van der Waals surface area (Å²) in [4.78, 5) is 27.7. The quantitative estimate of drug-likeness (QED) is 0.885. The summed E-state index contributed by atoms with van der Waals surface area (Å²) < 4.78 is 0. The third-order valence-electron chi connectivity index (χ3n) is 4.59. The van der Waals surface area contributed by atoms with E-state index in [9.17, 15) is 9.59 Å². The topological polar surface area (TPSA) is 78.7 Å². The van der Waals surface area contributed by atoms with Crippen molar-refractivity contribution in [1.29, 1.82) is 0 Å². The van der Waals surface area contributed by atoms with Gasteiger partial charge in [-0.05, 0) is 42.3 Å². The Morgan fingerprint density at radius 1 is 1.04 bits per heavy atom. The number of rotatable bonds is 4. The van der Waals surface area contributed by atoms with Crippen LogP contribution in [0.4, 0.5) is 10.5 Å². The predicted octanol–water partition coefficient (Wildman–Crippen LogP) is 2.13. The van der Waals surface area contributed by atoms with Crippen LogP contribution in [0.25, 0.3) is 0 Å². The fourth-order valence-corrected chi connectivity index (χ4v) is 3.12. The number of aryl methyl sites for hydroxylation is 1. The molecule has 6 nitrogen and oxygen atoms in total. The molecule has 0 atom stereocenters. The molecule has 1 aliphatic heterocycles.